The van der Waals surface area contributed by atoms with Gasteiger partial charge in [0.1, 0.15) is 29.5 Å². The quantitative estimate of drug-likeness (QED) is 0.136. The second-order valence-corrected chi connectivity index (χ2v) is 9.14. The number of carbonyl (C=O) groups is 2. The standard InChI is InChI=1S/C31H21N7O4/c39-15-20-9-18(24-5-1-3-7-33-24)11-26(41)28(20)37-30-22-13-32-14-23(22)31(36-17-35-30)38-29-21(16-40)10-19(12-27(29)42)25-6-2-4-8-34-25/h1-17,41-42H,(H2,35,36,37,38). The van der Waals surface area contributed by atoms with Crippen LogP contribution in [0.2, 0.25) is 0 Å². The van der Waals surface area contributed by atoms with E-state index in [1.165, 1.54) is 18.5 Å². The van der Waals surface area contributed by atoms with Crippen LogP contribution in [0.15, 0.2) is 91.8 Å². The van der Waals surface area contributed by atoms with E-state index in [9.17, 15) is 19.8 Å². The number of anilines is 4. The van der Waals surface area contributed by atoms with Crippen molar-refractivity contribution in [1.82, 2.24) is 24.9 Å². The lowest BCUT2D eigenvalue weighted by Crippen LogP contribution is -2.00. The summed E-state index contributed by atoms with van der Waals surface area (Å²) in [7, 11) is 0. The van der Waals surface area contributed by atoms with Gasteiger partial charge in [-0.05, 0) is 48.5 Å². The van der Waals surface area contributed by atoms with E-state index >= 15 is 0 Å². The van der Waals surface area contributed by atoms with Gasteiger partial charge in [0.15, 0.2) is 12.6 Å². The van der Waals surface area contributed by atoms with Crippen molar-refractivity contribution < 1.29 is 19.8 Å². The lowest BCUT2D eigenvalue weighted by Gasteiger charge is -2.14. The number of carbonyl (C=O) groups excluding carboxylic acids is 2. The Hall–Kier alpha value is -6.23. The van der Waals surface area contributed by atoms with Gasteiger partial charge in [-0.2, -0.15) is 0 Å². The minimum absolute atomic E-state index is 0.145. The molecule has 0 aliphatic carbocycles. The third kappa shape index (κ3) is 4.93. The Balaban J connectivity index is 1.34. The maximum atomic E-state index is 12.0. The topological polar surface area (TPSA) is 163 Å². The monoisotopic (exact) mass is 555 g/mol. The summed E-state index contributed by atoms with van der Waals surface area (Å²) in [5.41, 5.74) is 4.00. The number of benzene rings is 2. The van der Waals surface area contributed by atoms with Crippen molar-refractivity contribution >= 4 is 35.6 Å². The van der Waals surface area contributed by atoms with Gasteiger partial charge in [0.2, 0.25) is 0 Å². The fraction of sp³-hybridized carbons (Fsp3) is 0. The molecule has 0 fully saturated rings. The Morgan fingerprint density at radius 1 is 0.619 bits per heavy atom. The molecule has 0 unspecified atom stereocenters. The molecule has 11 nitrogen and oxygen atoms in total. The minimum Gasteiger partial charge on any atom is -0.506 e. The van der Waals surface area contributed by atoms with Gasteiger partial charge in [-0.3, -0.25) is 24.5 Å². The lowest BCUT2D eigenvalue weighted by atomic mass is 10.0. The highest BCUT2D eigenvalue weighted by Crippen LogP contribution is 2.40. The van der Waals surface area contributed by atoms with Gasteiger partial charge in [-0.1, -0.05) is 12.1 Å². The average Bonchev–Trinajstić information content (AvgIpc) is 3.45. The molecule has 6 rings (SSSR count). The van der Waals surface area contributed by atoms with Crippen LogP contribution in [-0.4, -0.2) is 47.7 Å². The lowest BCUT2D eigenvalue weighted by molar-refractivity contribution is 0.111. The van der Waals surface area contributed by atoms with E-state index in [0.29, 0.717) is 46.2 Å². The number of phenolic OH excluding ortho intramolecular Hbond substituents is 2. The Morgan fingerprint density at radius 3 is 1.50 bits per heavy atom. The summed E-state index contributed by atoms with van der Waals surface area (Å²) in [6, 6.07) is 17.0. The Morgan fingerprint density at radius 2 is 1.10 bits per heavy atom. The molecule has 11 heteroatoms. The number of pyridine rings is 2. The summed E-state index contributed by atoms with van der Waals surface area (Å²) in [6.07, 6.45) is 8.85. The highest BCUT2D eigenvalue weighted by molar-refractivity contribution is 5.96. The molecule has 0 amide bonds. The van der Waals surface area contributed by atoms with E-state index in [1.54, 1.807) is 61.2 Å². The largest absolute Gasteiger partial charge is 0.506 e. The van der Waals surface area contributed by atoms with Gasteiger partial charge in [-0.15, -0.1) is 0 Å². The molecule has 42 heavy (non-hydrogen) atoms. The van der Waals surface area contributed by atoms with Crippen LogP contribution in [0.5, 0.6) is 11.5 Å². The number of fused-ring (bicyclic) bond motifs is 1. The first-order valence-corrected chi connectivity index (χ1v) is 12.7. The number of hydrogen-bond acceptors (Lipinski definition) is 11. The number of rotatable bonds is 8. The number of phenols is 2. The zero-order chi connectivity index (χ0) is 29.1. The van der Waals surface area contributed by atoms with Gasteiger partial charge in [0.25, 0.3) is 0 Å². The first kappa shape index (κ1) is 26.0. The van der Waals surface area contributed by atoms with Crippen LogP contribution in [0, 0.1) is 0 Å². The second kappa shape index (κ2) is 11.1. The fourth-order valence-electron chi connectivity index (χ4n) is 4.54. The highest BCUT2D eigenvalue weighted by atomic mass is 16.3. The van der Waals surface area contributed by atoms with Crippen molar-refractivity contribution in [3.05, 3.63) is 103 Å². The Labute approximate surface area is 239 Å². The molecule has 2 aliphatic rings. The van der Waals surface area contributed by atoms with Crippen molar-refractivity contribution in [2.24, 2.45) is 0 Å². The summed E-state index contributed by atoms with van der Waals surface area (Å²) in [6.45, 7) is 0. The van der Waals surface area contributed by atoms with Crippen LogP contribution in [0.25, 0.3) is 33.6 Å². The molecule has 4 N–H and O–H groups in total. The van der Waals surface area contributed by atoms with Crippen molar-refractivity contribution in [2.75, 3.05) is 10.6 Å². The zero-order valence-corrected chi connectivity index (χ0v) is 21.8. The number of nitrogens with zero attached hydrogens (tertiary/aromatic N) is 5. The molecule has 0 bridgehead atoms. The Bertz CT molecular complexity index is 1770. The molecular weight excluding hydrogens is 534 g/mol. The van der Waals surface area contributed by atoms with Crippen molar-refractivity contribution in [1.29, 1.82) is 0 Å². The fourth-order valence-corrected chi connectivity index (χ4v) is 4.54. The molecule has 4 aromatic rings. The van der Waals surface area contributed by atoms with Crippen molar-refractivity contribution in [3.63, 3.8) is 0 Å². The van der Waals surface area contributed by atoms with Gasteiger partial charge in [0, 0.05) is 58.2 Å². The molecule has 0 radical (unpaired) electrons. The SMILES string of the molecule is O=Cc1cc(-c2ccccn2)cc(O)c1Nc1ncnc(Nc2c(O)cc(-c3ccccn3)cc2C=O)c2cncc1-2. The summed E-state index contributed by atoms with van der Waals surface area (Å²) < 4.78 is 0. The molecular formula is C31H21N7O4. The summed E-state index contributed by atoms with van der Waals surface area (Å²) in [4.78, 5) is 45.6. The van der Waals surface area contributed by atoms with Crippen LogP contribution in [0.1, 0.15) is 20.7 Å². The normalized spacial score (nSPS) is 10.8. The summed E-state index contributed by atoms with van der Waals surface area (Å²) in [5.74, 6) is 0.164. The molecule has 0 spiro atoms. The minimum atomic E-state index is -0.180. The smallest absolute Gasteiger partial charge is 0.152 e. The molecule has 2 aromatic heterocycles. The second-order valence-electron chi connectivity index (χ2n) is 9.14. The summed E-state index contributed by atoms with van der Waals surface area (Å²) >= 11 is 0. The first-order valence-electron chi connectivity index (χ1n) is 12.7. The molecule has 204 valence electrons. The molecule has 0 saturated carbocycles. The van der Waals surface area contributed by atoms with Crippen LogP contribution < -0.4 is 10.6 Å². The molecule has 2 aromatic carbocycles. The van der Waals surface area contributed by atoms with Crippen LogP contribution in [0.3, 0.4) is 0 Å². The third-order valence-electron chi connectivity index (χ3n) is 6.54. The predicted octanol–water partition coefficient (Wildman–Crippen LogP) is 5.62. The highest BCUT2D eigenvalue weighted by Gasteiger charge is 2.20. The number of aromatic hydroxyl groups is 2. The number of nitrogens with one attached hydrogen (secondary N) is 2. The number of hydrogen-bond donors (Lipinski definition) is 4. The van der Waals surface area contributed by atoms with E-state index in [2.05, 4.69) is 35.6 Å². The van der Waals surface area contributed by atoms with E-state index in [1.807, 2.05) is 12.1 Å². The average molecular weight is 556 g/mol. The predicted molar refractivity (Wildman–Crippen MR) is 156 cm³/mol. The number of aromatic nitrogens is 5. The maximum Gasteiger partial charge on any atom is 0.152 e. The van der Waals surface area contributed by atoms with Gasteiger partial charge >= 0.3 is 0 Å². The molecule has 4 heterocycles. The van der Waals surface area contributed by atoms with Crippen molar-refractivity contribution in [2.45, 2.75) is 0 Å². The van der Waals surface area contributed by atoms with E-state index in [0.717, 1.165) is 0 Å². The summed E-state index contributed by atoms with van der Waals surface area (Å²) in [5, 5.41) is 27.8. The number of aldehydes is 2. The van der Waals surface area contributed by atoms with Crippen LogP contribution in [-0.2, 0) is 0 Å². The van der Waals surface area contributed by atoms with Crippen LogP contribution >= 0.6 is 0 Å². The first-order chi connectivity index (χ1) is 20.6. The van der Waals surface area contributed by atoms with Gasteiger partial charge in [-0.25, -0.2) is 9.97 Å². The molecule has 0 atom stereocenters. The van der Waals surface area contributed by atoms with Crippen molar-refractivity contribution in [3.8, 4) is 45.1 Å². The molecule has 0 saturated heterocycles. The van der Waals surface area contributed by atoms with E-state index in [4.69, 9.17) is 0 Å². The van der Waals surface area contributed by atoms with Crippen LogP contribution in [0.4, 0.5) is 23.0 Å². The third-order valence-corrected chi connectivity index (χ3v) is 6.54. The van der Waals surface area contributed by atoms with Gasteiger partial charge < -0.3 is 20.8 Å². The zero-order valence-electron chi connectivity index (χ0n) is 21.8. The maximum absolute atomic E-state index is 12.0. The van der Waals surface area contributed by atoms with E-state index < -0.39 is 0 Å². The molecule has 2 aliphatic heterocycles. The Kier molecular flexibility index (Phi) is 6.88. The van der Waals surface area contributed by atoms with Gasteiger partial charge in [0.05, 0.1) is 22.8 Å². The van der Waals surface area contributed by atoms with E-state index in [-0.39, 0.29) is 45.6 Å².